The molecule has 1 aromatic carbocycles. The van der Waals surface area contributed by atoms with Gasteiger partial charge in [0.15, 0.2) is 5.78 Å². The maximum absolute atomic E-state index is 12.7. The van der Waals surface area contributed by atoms with Crippen molar-refractivity contribution in [3.63, 3.8) is 0 Å². The summed E-state index contributed by atoms with van der Waals surface area (Å²) in [5, 5.41) is 9.13. The Morgan fingerprint density at radius 1 is 1.30 bits per heavy atom. The fourth-order valence-electron chi connectivity index (χ4n) is 2.12. The normalized spacial score (nSPS) is 13.1. The quantitative estimate of drug-likeness (QED) is 0.807. The molecule has 0 aliphatic carbocycles. The first-order valence-corrected chi connectivity index (χ1v) is 6.45. The van der Waals surface area contributed by atoms with Crippen LogP contribution in [0.1, 0.15) is 43.7 Å². The zero-order valence-corrected chi connectivity index (χ0v) is 11.4. The molecule has 0 saturated carbocycles. The van der Waals surface area contributed by atoms with Crippen molar-refractivity contribution >= 4 is 5.78 Å². The van der Waals surface area contributed by atoms with Crippen molar-refractivity contribution in [1.29, 1.82) is 5.26 Å². The minimum Gasteiger partial charge on any atom is -0.298 e. The number of carbonyl (C=O) groups is 1. The molecular formula is C15H16F3NO. The Bertz CT molecular complexity index is 513. The van der Waals surface area contributed by atoms with Crippen LogP contribution in [0.15, 0.2) is 24.3 Å². The monoisotopic (exact) mass is 283 g/mol. The molecule has 1 aromatic rings. The number of nitrogens with zero attached hydrogens (tertiary/aromatic N) is 1. The number of Topliss-reactive ketones (excluding diaryl/α,β-unsaturated/α-hetero) is 1. The van der Waals surface area contributed by atoms with Gasteiger partial charge in [0, 0.05) is 5.92 Å². The summed E-state index contributed by atoms with van der Waals surface area (Å²) in [6.07, 6.45) is -3.33. The van der Waals surface area contributed by atoms with Gasteiger partial charge in [0.05, 0.1) is 11.6 Å². The van der Waals surface area contributed by atoms with Crippen LogP contribution in [0.25, 0.3) is 0 Å². The molecule has 0 aliphatic heterocycles. The van der Waals surface area contributed by atoms with Crippen LogP contribution < -0.4 is 0 Å². The van der Waals surface area contributed by atoms with Crippen molar-refractivity contribution in [2.24, 2.45) is 5.92 Å². The maximum Gasteiger partial charge on any atom is 0.416 e. The van der Waals surface area contributed by atoms with E-state index in [1.54, 1.807) is 0 Å². The molecule has 2 nitrogen and oxygen atoms in total. The van der Waals surface area contributed by atoms with Crippen LogP contribution in [0.3, 0.4) is 0 Å². The first kappa shape index (κ1) is 16.2. The molecule has 0 fully saturated rings. The lowest BCUT2D eigenvalue weighted by Crippen LogP contribution is -2.21. The summed E-state index contributed by atoms with van der Waals surface area (Å²) < 4.78 is 38.0. The number of nitriles is 1. The number of benzene rings is 1. The minimum atomic E-state index is -4.48. The van der Waals surface area contributed by atoms with E-state index in [1.807, 2.05) is 19.9 Å². The molecule has 108 valence electrons. The molecule has 5 heteroatoms. The van der Waals surface area contributed by atoms with Crippen LogP contribution in [0.5, 0.6) is 0 Å². The van der Waals surface area contributed by atoms with Crippen LogP contribution in [0.4, 0.5) is 13.2 Å². The summed E-state index contributed by atoms with van der Waals surface area (Å²) >= 11 is 0. The Kier molecular flexibility index (Phi) is 5.32. The molecule has 20 heavy (non-hydrogen) atoms. The Morgan fingerprint density at radius 2 is 1.90 bits per heavy atom. The predicted octanol–water partition coefficient (Wildman–Crippen LogP) is 4.32. The third-order valence-electron chi connectivity index (χ3n) is 3.35. The Morgan fingerprint density at radius 3 is 2.35 bits per heavy atom. The van der Waals surface area contributed by atoms with E-state index in [0.717, 1.165) is 12.1 Å². The molecule has 0 aromatic heterocycles. The molecular weight excluding hydrogens is 267 g/mol. The smallest absolute Gasteiger partial charge is 0.298 e. The van der Waals surface area contributed by atoms with Gasteiger partial charge >= 0.3 is 6.18 Å². The number of ketones is 1. The average molecular weight is 283 g/mol. The molecule has 0 heterocycles. The van der Waals surface area contributed by atoms with Gasteiger partial charge in [-0.1, -0.05) is 32.0 Å². The lowest BCUT2D eigenvalue weighted by Gasteiger charge is -2.16. The highest BCUT2D eigenvalue weighted by Crippen LogP contribution is 2.32. The molecule has 0 aliphatic rings. The van der Waals surface area contributed by atoms with Crippen LogP contribution in [0.2, 0.25) is 0 Å². The Labute approximate surface area is 116 Å². The average Bonchev–Trinajstić information content (AvgIpc) is 2.40. The molecule has 1 unspecified atom stereocenters. The minimum absolute atomic E-state index is 0.110. The lowest BCUT2D eigenvalue weighted by molar-refractivity contribution is -0.137. The summed E-state index contributed by atoms with van der Waals surface area (Å²) in [6, 6.07) is 6.26. The first-order valence-electron chi connectivity index (χ1n) is 6.45. The second-order valence-corrected chi connectivity index (χ2v) is 4.60. The highest BCUT2D eigenvalue weighted by atomic mass is 19.4. The van der Waals surface area contributed by atoms with E-state index in [9.17, 15) is 18.0 Å². The van der Waals surface area contributed by atoms with Crippen molar-refractivity contribution in [3.05, 3.63) is 35.4 Å². The maximum atomic E-state index is 12.7. The SMILES string of the molecule is CCC(CC)C(=O)C(C#N)c1cccc(C(F)(F)F)c1. The zero-order valence-electron chi connectivity index (χ0n) is 11.4. The number of carbonyl (C=O) groups excluding carboxylic acids is 1. The van der Waals surface area contributed by atoms with Crippen molar-refractivity contribution in [3.8, 4) is 6.07 Å². The summed E-state index contributed by atoms with van der Waals surface area (Å²) in [5.41, 5.74) is -0.730. The topological polar surface area (TPSA) is 40.9 Å². The molecule has 0 bridgehead atoms. The summed E-state index contributed by atoms with van der Waals surface area (Å²) in [7, 11) is 0. The summed E-state index contributed by atoms with van der Waals surface area (Å²) in [4.78, 5) is 12.2. The number of hydrogen-bond donors (Lipinski definition) is 0. The molecule has 0 radical (unpaired) electrons. The van der Waals surface area contributed by atoms with Gasteiger partial charge in [-0.2, -0.15) is 18.4 Å². The van der Waals surface area contributed by atoms with E-state index in [2.05, 4.69) is 0 Å². The second-order valence-electron chi connectivity index (χ2n) is 4.60. The Hall–Kier alpha value is -1.83. The fourth-order valence-corrected chi connectivity index (χ4v) is 2.12. The molecule has 0 amide bonds. The van der Waals surface area contributed by atoms with Gasteiger partial charge in [-0.25, -0.2) is 0 Å². The van der Waals surface area contributed by atoms with Crippen molar-refractivity contribution in [2.75, 3.05) is 0 Å². The number of hydrogen-bond acceptors (Lipinski definition) is 2. The third-order valence-corrected chi connectivity index (χ3v) is 3.35. The molecule has 0 spiro atoms. The van der Waals surface area contributed by atoms with Gasteiger partial charge in [-0.3, -0.25) is 4.79 Å². The zero-order chi connectivity index (χ0) is 15.3. The van der Waals surface area contributed by atoms with Crippen LogP contribution in [-0.2, 0) is 11.0 Å². The van der Waals surface area contributed by atoms with Gasteiger partial charge in [0.1, 0.15) is 5.92 Å². The highest BCUT2D eigenvalue weighted by Gasteiger charge is 2.32. The van der Waals surface area contributed by atoms with E-state index in [0.29, 0.717) is 12.8 Å². The van der Waals surface area contributed by atoms with Crippen LogP contribution in [-0.4, -0.2) is 5.78 Å². The van der Waals surface area contributed by atoms with E-state index >= 15 is 0 Å². The van der Waals surface area contributed by atoms with E-state index in [1.165, 1.54) is 12.1 Å². The van der Waals surface area contributed by atoms with E-state index in [-0.39, 0.29) is 17.3 Å². The Balaban J connectivity index is 3.14. The summed E-state index contributed by atoms with van der Waals surface area (Å²) in [5.74, 6) is -1.74. The fraction of sp³-hybridized carbons (Fsp3) is 0.467. The standard InChI is InChI=1S/C15H16F3NO/c1-3-10(4-2)14(20)13(9-19)11-6-5-7-12(8-11)15(16,17)18/h5-8,10,13H,3-4H2,1-2H3. The molecule has 1 atom stereocenters. The van der Waals surface area contributed by atoms with Gasteiger partial charge < -0.3 is 0 Å². The molecule has 1 rings (SSSR count). The number of alkyl halides is 3. The first-order chi connectivity index (χ1) is 9.35. The van der Waals surface area contributed by atoms with Crippen LogP contribution in [0, 0.1) is 17.2 Å². The van der Waals surface area contributed by atoms with Gasteiger partial charge in [0.25, 0.3) is 0 Å². The van der Waals surface area contributed by atoms with E-state index < -0.39 is 17.7 Å². The highest BCUT2D eigenvalue weighted by molar-refractivity contribution is 5.90. The molecule has 0 N–H and O–H groups in total. The third kappa shape index (κ3) is 3.60. The lowest BCUT2D eigenvalue weighted by atomic mass is 9.85. The second kappa shape index (κ2) is 6.56. The van der Waals surface area contributed by atoms with E-state index in [4.69, 9.17) is 5.26 Å². The largest absolute Gasteiger partial charge is 0.416 e. The predicted molar refractivity (Wildman–Crippen MR) is 68.9 cm³/mol. The van der Waals surface area contributed by atoms with Gasteiger partial charge in [-0.15, -0.1) is 0 Å². The van der Waals surface area contributed by atoms with Crippen molar-refractivity contribution < 1.29 is 18.0 Å². The summed E-state index contributed by atoms with van der Waals surface area (Å²) in [6.45, 7) is 3.65. The van der Waals surface area contributed by atoms with Crippen molar-refractivity contribution in [1.82, 2.24) is 0 Å². The van der Waals surface area contributed by atoms with Gasteiger partial charge in [0.2, 0.25) is 0 Å². The molecule has 0 saturated heterocycles. The van der Waals surface area contributed by atoms with Crippen LogP contribution >= 0.6 is 0 Å². The number of halogens is 3. The van der Waals surface area contributed by atoms with Gasteiger partial charge in [-0.05, 0) is 24.5 Å². The van der Waals surface area contributed by atoms with Crippen molar-refractivity contribution in [2.45, 2.75) is 38.8 Å². The number of rotatable bonds is 5.